The Kier molecular flexibility index (Phi) is 7.28. The average Bonchev–Trinajstić information content (AvgIpc) is 3.01. The Balaban J connectivity index is 1.87. The fourth-order valence-corrected chi connectivity index (χ4v) is 6.06. The number of carbonyl (C=O) groups excluding carboxylic acids is 1. The van der Waals surface area contributed by atoms with Gasteiger partial charge in [0.05, 0.1) is 4.34 Å². The molecule has 1 fully saturated rings. The molecule has 1 aliphatic rings. The van der Waals surface area contributed by atoms with Crippen LogP contribution in [-0.4, -0.2) is 63.8 Å². The van der Waals surface area contributed by atoms with Crippen molar-refractivity contribution >= 4 is 38.9 Å². The van der Waals surface area contributed by atoms with Crippen LogP contribution in [0.25, 0.3) is 0 Å². The Bertz CT molecular complexity index is 683. The number of likely N-dealkylation sites (N-methyl/N-ethyl adjacent to an activating group) is 1. The van der Waals surface area contributed by atoms with Gasteiger partial charge in [0.2, 0.25) is 5.91 Å². The maximum atomic E-state index is 12.6. The largest absolute Gasteiger partial charge is 0.355 e. The molecule has 6 nitrogen and oxygen atoms in total. The minimum Gasteiger partial charge on any atom is -0.355 e. The van der Waals surface area contributed by atoms with Crippen LogP contribution in [-0.2, 0) is 14.8 Å². The first-order chi connectivity index (χ1) is 11.7. The van der Waals surface area contributed by atoms with Crippen LogP contribution in [0.5, 0.6) is 0 Å². The molecule has 1 aromatic rings. The van der Waals surface area contributed by atoms with Gasteiger partial charge in [-0.2, -0.15) is 4.31 Å². The Hall–Kier alpha value is -0.670. The molecule has 0 unspecified atom stereocenters. The summed E-state index contributed by atoms with van der Waals surface area (Å²) in [5.41, 5.74) is 0. The van der Waals surface area contributed by atoms with Crippen molar-refractivity contribution in [3.05, 3.63) is 16.5 Å². The molecule has 0 aromatic carbocycles. The van der Waals surface area contributed by atoms with Crippen LogP contribution in [0.1, 0.15) is 19.8 Å². The minimum atomic E-state index is -3.47. The van der Waals surface area contributed by atoms with Gasteiger partial charge in [-0.25, -0.2) is 8.42 Å². The van der Waals surface area contributed by atoms with E-state index in [-0.39, 0.29) is 22.0 Å². The molecule has 1 amide bonds. The molecule has 2 heterocycles. The van der Waals surface area contributed by atoms with Gasteiger partial charge in [0.1, 0.15) is 4.21 Å². The number of hydrogen-bond donors (Lipinski definition) is 1. The number of rotatable bonds is 7. The lowest BCUT2D eigenvalue weighted by Gasteiger charge is -2.33. The van der Waals surface area contributed by atoms with Gasteiger partial charge in [0.25, 0.3) is 10.0 Å². The molecule has 1 atom stereocenters. The molecule has 0 saturated carbocycles. The minimum absolute atomic E-state index is 0.0493. The molecule has 0 spiro atoms. The van der Waals surface area contributed by atoms with Gasteiger partial charge in [0, 0.05) is 32.1 Å². The fraction of sp³-hybridized carbons (Fsp3) is 0.688. The number of thiophene rings is 1. The second kappa shape index (κ2) is 8.81. The highest BCUT2D eigenvalue weighted by molar-refractivity contribution is 7.91. The molecule has 0 radical (unpaired) electrons. The van der Waals surface area contributed by atoms with Crippen molar-refractivity contribution in [2.45, 2.75) is 24.0 Å². The molecule has 1 N–H and O–H groups in total. The summed E-state index contributed by atoms with van der Waals surface area (Å²) in [6.45, 7) is 4.25. The maximum absolute atomic E-state index is 12.6. The second-order valence-electron chi connectivity index (χ2n) is 6.68. The van der Waals surface area contributed by atoms with E-state index in [4.69, 9.17) is 11.6 Å². The fourth-order valence-electron chi connectivity index (χ4n) is 2.96. The molecule has 1 saturated heterocycles. The van der Waals surface area contributed by atoms with E-state index in [9.17, 15) is 13.2 Å². The van der Waals surface area contributed by atoms with E-state index in [2.05, 4.69) is 5.32 Å². The normalized spacial score (nSPS) is 18.4. The van der Waals surface area contributed by atoms with Crippen LogP contribution in [0, 0.1) is 11.8 Å². The topological polar surface area (TPSA) is 69.7 Å². The van der Waals surface area contributed by atoms with Crippen molar-refractivity contribution in [1.29, 1.82) is 0 Å². The van der Waals surface area contributed by atoms with Gasteiger partial charge in [-0.3, -0.25) is 4.79 Å². The van der Waals surface area contributed by atoms with Crippen molar-refractivity contribution in [1.82, 2.24) is 14.5 Å². The van der Waals surface area contributed by atoms with E-state index in [1.54, 1.807) is 12.1 Å². The van der Waals surface area contributed by atoms with E-state index < -0.39 is 10.0 Å². The molecule has 0 bridgehead atoms. The predicted molar refractivity (Wildman–Crippen MR) is 102 cm³/mol. The molecule has 142 valence electrons. The van der Waals surface area contributed by atoms with Crippen LogP contribution < -0.4 is 5.32 Å². The van der Waals surface area contributed by atoms with Crippen molar-refractivity contribution in [3.63, 3.8) is 0 Å². The number of halogens is 1. The third-order valence-corrected chi connectivity index (χ3v) is 8.22. The van der Waals surface area contributed by atoms with E-state index in [1.165, 1.54) is 4.31 Å². The highest BCUT2D eigenvalue weighted by Crippen LogP contribution is 2.32. The summed E-state index contributed by atoms with van der Waals surface area (Å²) in [4.78, 5) is 14.3. The maximum Gasteiger partial charge on any atom is 0.252 e. The molecule has 2 rings (SSSR count). The number of nitrogens with zero attached hydrogens (tertiary/aromatic N) is 2. The average molecular weight is 408 g/mol. The molecular formula is C16H26ClN3O3S2. The molecule has 9 heteroatoms. The highest BCUT2D eigenvalue weighted by atomic mass is 35.5. The number of piperidine rings is 1. The van der Waals surface area contributed by atoms with Gasteiger partial charge >= 0.3 is 0 Å². The molecule has 25 heavy (non-hydrogen) atoms. The molecular weight excluding hydrogens is 382 g/mol. The zero-order valence-electron chi connectivity index (χ0n) is 14.9. The Morgan fingerprint density at radius 1 is 1.40 bits per heavy atom. The van der Waals surface area contributed by atoms with Crippen LogP contribution in [0.2, 0.25) is 4.34 Å². The third-order valence-electron chi connectivity index (χ3n) is 4.62. The van der Waals surface area contributed by atoms with Gasteiger partial charge in [-0.15, -0.1) is 11.3 Å². The lowest BCUT2D eigenvalue weighted by Crippen LogP contribution is -2.43. The Labute approximate surface area is 159 Å². The number of hydrogen-bond acceptors (Lipinski definition) is 5. The van der Waals surface area contributed by atoms with Crippen LogP contribution in [0.3, 0.4) is 0 Å². The monoisotopic (exact) mass is 407 g/mol. The first-order valence-corrected chi connectivity index (χ1v) is 11.0. The van der Waals surface area contributed by atoms with Crippen molar-refractivity contribution < 1.29 is 13.2 Å². The van der Waals surface area contributed by atoms with E-state index in [1.807, 2.05) is 25.9 Å². The molecule has 1 aliphatic heterocycles. The molecule has 1 aromatic heterocycles. The van der Waals surface area contributed by atoms with Gasteiger partial charge in [-0.05, 0) is 45.0 Å². The smallest absolute Gasteiger partial charge is 0.252 e. The van der Waals surface area contributed by atoms with E-state index in [0.717, 1.165) is 17.9 Å². The first-order valence-electron chi connectivity index (χ1n) is 8.39. The third kappa shape index (κ3) is 5.40. The van der Waals surface area contributed by atoms with Crippen molar-refractivity contribution in [2.24, 2.45) is 11.8 Å². The van der Waals surface area contributed by atoms with E-state index >= 15 is 0 Å². The summed E-state index contributed by atoms with van der Waals surface area (Å²) in [5, 5.41) is 2.96. The zero-order valence-corrected chi connectivity index (χ0v) is 17.3. The van der Waals surface area contributed by atoms with Gasteiger partial charge in [0.15, 0.2) is 0 Å². The summed E-state index contributed by atoms with van der Waals surface area (Å²) in [7, 11) is 0.457. The summed E-state index contributed by atoms with van der Waals surface area (Å²) in [5.74, 6) is 0.147. The predicted octanol–water partition coefficient (Wildman–Crippen LogP) is 2.12. The number of amides is 1. The lowest BCUT2D eigenvalue weighted by molar-refractivity contribution is -0.126. The van der Waals surface area contributed by atoms with Gasteiger partial charge in [-0.1, -0.05) is 18.5 Å². The first kappa shape index (κ1) is 20.6. The quantitative estimate of drug-likeness (QED) is 0.751. The summed E-state index contributed by atoms with van der Waals surface area (Å²) in [6.07, 6.45) is 1.39. The summed E-state index contributed by atoms with van der Waals surface area (Å²) < 4.78 is 27.5. The van der Waals surface area contributed by atoms with Crippen LogP contribution in [0.4, 0.5) is 0 Å². The number of sulfonamides is 1. The van der Waals surface area contributed by atoms with Gasteiger partial charge < -0.3 is 10.2 Å². The van der Waals surface area contributed by atoms with Crippen LogP contribution in [0.15, 0.2) is 16.3 Å². The number of nitrogens with one attached hydrogen (secondary N) is 1. The summed E-state index contributed by atoms with van der Waals surface area (Å²) in [6, 6.07) is 3.15. The van der Waals surface area contributed by atoms with Crippen LogP contribution >= 0.6 is 22.9 Å². The highest BCUT2D eigenvalue weighted by Gasteiger charge is 2.33. The standard InChI is InChI=1S/C16H26ClN3O3S2/c1-12(16(21)18-8-11-19(2)3)13-6-9-20(10-7-13)25(22,23)15-5-4-14(17)24-15/h4-5,12-13H,6-11H2,1-3H3,(H,18,21)/t12-/m1/s1. The SMILES string of the molecule is C[C@@H](C(=O)NCCN(C)C)C1CCN(S(=O)(=O)c2ccc(Cl)s2)CC1. The Morgan fingerprint density at radius 3 is 2.56 bits per heavy atom. The lowest BCUT2D eigenvalue weighted by atomic mass is 9.85. The summed E-state index contributed by atoms with van der Waals surface area (Å²) >= 11 is 6.93. The molecule has 0 aliphatic carbocycles. The second-order valence-corrected chi connectivity index (χ2v) is 10.6. The number of carbonyl (C=O) groups is 1. The van der Waals surface area contributed by atoms with Crippen molar-refractivity contribution in [3.8, 4) is 0 Å². The van der Waals surface area contributed by atoms with Crippen molar-refractivity contribution in [2.75, 3.05) is 40.3 Å². The zero-order chi connectivity index (χ0) is 18.6. The van der Waals surface area contributed by atoms with E-state index in [0.29, 0.717) is 36.8 Å². The Morgan fingerprint density at radius 2 is 2.04 bits per heavy atom.